The lowest BCUT2D eigenvalue weighted by atomic mass is 10.0. The minimum atomic E-state index is -0.574. The van der Waals surface area contributed by atoms with Gasteiger partial charge in [0.2, 0.25) is 0 Å². The molecule has 146 valence electrons. The smallest absolute Gasteiger partial charge is 0.319 e. The van der Waals surface area contributed by atoms with Gasteiger partial charge < -0.3 is 19.5 Å². The topological polar surface area (TPSA) is 67.7 Å². The Kier molecular flexibility index (Phi) is 5.41. The first-order valence-corrected chi connectivity index (χ1v) is 9.62. The summed E-state index contributed by atoms with van der Waals surface area (Å²) in [4.78, 5) is 11.4. The number of hydrogen-bond acceptors (Lipinski definition) is 6. The molecule has 0 aliphatic carbocycles. The predicted octanol–water partition coefficient (Wildman–Crippen LogP) is 3.20. The molecule has 0 bridgehead atoms. The summed E-state index contributed by atoms with van der Waals surface area (Å²) in [5.41, 5.74) is 4.36. The van der Waals surface area contributed by atoms with Gasteiger partial charge in [-0.05, 0) is 37.1 Å². The number of aliphatic hydroxyl groups excluding tert-OH is 1. The van der Waals surface area contributed by atoms with Crippen LogP contribution in [0.2, 0.25) is 0 Å². The Labute approximate surface area is 164 Å². The molecule has 0 radical (unpaired) electrons. The quantitative estimate of drug-likeness (QED) is 0.734. The minimum absolute atomic E-state index is 0.162. The van der Waals surface area contributed by atoms with Crippen LogP contribution < -0.4 is 9.64 Å². The number of aliphatic hydroxyl groups is 1. The highest BCUT2D eigenvalue weighted by Crippen LogP contribution is 2.31. The largest absolute Gasteiger partial charge is 0.461 e. The van der Waals surface area contributed by atoms with Crippen molar-refractivity contribution in [2.24, 2.45) is 0 Å². The second kappa shape index (κ2) is 8.12. The molecule has 4 rings (SSSR count). The highest BCUT2D eigenvalue weighted by molar-refractivity contribution is 5.93. The SMILES string of the molecule is Cc1cccc(-c2ccc3nc(OCC(C)O)nc(N4CCOCC4)c3c2)c1. The monoisotopic (exact) mass is 379 g/mol. The van der Waals surface area contributed by atoms with E-state index in [2.05, 4.69) is 58.2 Å². The Bertz CT molecular complexity index is 968. The fourth-order valence-corrected chi connectivity index (χ4v) is 3.37. The maximum atomic E-state index is 9.52. The van der Waals surface area contributed by atoms with E-state index >= 15 is 0 Å². The Morgan fingerprint density at radius 2 is 1.89 bits per heavy atom. The molecule has 2 heterocycles. The van der Waals surface area contributed by atoms with Crippen molar-refractivity contribution in [1.82, 2.24) is 9.97 Å². The molecule has 28 heavy (non-hydrogen) atoms. The molecule has 0 amide bonds. The standard InChI is InChI=1S/C22H25N3O3/c1-15-4-3-5-17(12-15)18-6-7-20-19(13-18)21(25-8-10-27-11-9-25)24-22(23-20)28-14-16(2)26/h3-7,12-13,16,26H,8-11,14H2,1-2H3. The van der Waals surface area contributed by atoms with Crippen molar-refractivity contribution in [1.29, 1.82) is 0 Å². The number of fused-ring (bicyclic) bond motifs is 1. The summed E-state index contributed by atoms with van der Waals surface area (Å²) in [7, 11) is 0. The third-order valence-corrected chi connectivity index (χ3v) is 4.77. The molecule has 1 unspecified atom stereocenters. The fourth-order valence-electron chi connectivity index (χ4n) is 3.37. The van der Waals surface area contributed by atoms with Crippen molar-refractivity contribution in [3.05, 3.63) is 48.0 Å². The number of aromatic nitrogens is 2. The van der Waals surface area contributed by atoms with Crippen LogP contribution in [0.15, 0.2) is 42.5 Å². The highest BCUT2D eigenvalue weighted by atomic mass is 16.5. The summed E-state index contributed by atoms with van der Waals surface area (Å²) >= 11 is 0. The zero-order valence-electron chi connectivity index (χ0n) is 16.3. The van der Waals surface area contributed by atoms with Crippen LogP contribution >= 0.6 is 0 Å². The molecule has 0 spiro atoms. The van der Waals surface area contributed by atoms with E-state index in [4.69, 9.17) is 9.47 Å². The fraction of sp³-hybridized carbons (Fsp3) is 0.364. The first-order valence-electron chi connectivity index (χ1n) is 9.62. The third kappa shape index (κ3) is 4.08. The van der Waals surface area contributed by atoms with Crippen LogP contribution in [0.1, 0.15) is 12.5 Å². The lowest BCUT2D eigenvalue weighted by Gasteiger charge is -2.29. The Balaban J connectivity index is 1.80. The van der Waals surface area contributed by atoms with Crippen LogP contribution in [-0.4, -0.2) is 54.1 Å². The van der Waals surface area contributed by atoms with E-state index in [-0.39, 0.29) is 12.6 Å². The van der Waals surface area contributed by atoms with E-state index in [0.717, 1.165) is 35.4 Å². The Morgan fingerprint density at radius 1 is 1.11 bits per heavy atom. The van der Waals surface area contributed by atoms with Crippen molar-refractivity contribution in [3.8, 4) is 17.1 Å². The molecular weight excluding hydrogens is 354 g/mol. The van der Waals surface area contributed by atoms with E-state index in [1.165, 1.54) is 11.1 Å². The van der Waals surface area contributed by atoms with E-state index in [1.54, 1.807) is 6.92 Å². The number of rotatable bonds is 5. The van der Waals surface area contributed by atoms with Crippen LogP contribution in [0.5, 0.6) is 6.01 Å². The maximum absolute atomic E-state index is 9.52. The summed E-state index contributed by atoms with van der Waals surface area (Å²) in [6.07, 6.45) is -0.574. The van der Waals surface area contributed by atoms with Crippen molar-refractivity contribution in [2.45, 2.75) is 20.0 Å². The molecule has 1 atom stereocenters. The summed E-state index contributed by atoms with van der Waals surface area (Å²) in [6, 6.07) is 15.0. The van der Waals surface area contributed by atoms with E-state index in [0.29, 0.717) is 13.2 Å². The molecular formula is C22H25N3O3. The van der Waals surface area contributed by atoms with Crippen LogP contribution in [0, 0.1) is 6.92 Å². The number of nitrogens with zero attached hydrogens (tertiary/aromatic N) is 3. The van der Waals surface area contributed by atoms with E-state index in [1.807, 2.05) is 6.07 Å². The normalized spacial score (nSPS) is 15.6. The van der Waals surface area contributed by atoms with Gasteiger partial charge in [0.15, 0.2) is 0 Å². The molecule has 1 aliphatic rings. The predicted molar refractivity (Wildman–Crippen MR) is 110 cm³/mol. The summed E-state index contributed by atoms with van der Waals surface area (Å²) in [5.74, 6) is 0.850. The van der Waals surface area contributed by atoms with E-state index < -0.39 is 6.10 Å². The third-order valence-electron chi connectivity index (χ3n) is 4.77. The summed E-state index contributed by atoms with van der Waals surface area (Å²) < 4.78 is 11.1. The van der Waals surface area contributed by atoms with E-state index in [9.17, 15) is 5.11 Å². The van der Waals surface area contributed by atoms with Crippen molar-refractivity contribution < 1.29 is 14.6 Å². The molecule has 3 aromatic rings. The lowest BCUT2D eigenvalue weighted by Crippen LogP contribution is -2.37. The molecule has 1 aromatic heterocycles. The lowest BCUT2D eigenvalue weighted by molar-refractivity contribution is 0.116. The number of ether oxygens (including phenoxy) is 2. The Morgan fingerprint density at radius 3 is 2.64 bits per heavy atom. The molecule has 6 nitrogen and oxygen atoms in total. The summed E-state index contributed by atoms with van der Waals surface area (Å²) in [5, 5.41) is 10.5. The van der Waals surface area contributed by atoms with Gasteiger partial charge in [0.05, 0.1) is 24.8 Å². The number of hydrogen-bond donors (Lipinski definition) is 1. The van der Waals surface area contributed by atoms with Gasteiger partial charge in [-0.15, -0.1) is 0 Å². The van der Waals surface area contributed by atoms with Crippen molar-refractivity contribution >= 4 is 16.7 Å². The Hall–Kier alpha value is -2.70. The van der Waals surface area contributed by atoms with Crippen molar-refractivity contribution in [2.75, 3.05) is 37.8 Å². The molecule has 0 saturated carbocycles. The maximum Gasteiger partial charge on any atom is 0.319 e. The van der Waals surface area contributed by atoms with Crippen molar-refractivity contribution in [3.63, 3.8) is 0 Å². The second-order valence-corrected chi connectivity index (χ2v) is 7.19. The van der Waals surface area contributed by atoms with Crippen LogP contribution in [0.3, 0.4) is 0 Å². The zero-order chi connectivity index (χ0) is 19.5. The molecule has 2 aromatic carbocycles. The first kappa shape index (κ1) is 18.7. The van der Waals surface area contributed by atoms with Gasteiger partial charge in [-0.2, -0.15) is 9.97 Å². The van der Waals surface area contributed by atoms with Gasteiger partial charge in [0.25, 0.3) is 0 Å². The average Bonchev–Trinajstić information content (AvgIpc) is 2.72. The van der Waals surface area contributed by atoms with Gasteiger partial charge in [-0.1, -0.05) is 35.9 Å². The highest BCUT2D eigenvalue weighted by Gasteiger charge is 2.19. The summed E-state index contributed by atoms with van der Waals surface area (Å²) in [6.45, 7) is 6.83. The number of morpholine rings is 1. The number of benzene rings is 2. The van der Waals surface area contributed by atoms with Gasteiger partial charge in [0.1, 0.15) is 12.4 Å². The molecule has 1 fully saturated rings. The molecule has 1 aliphatic heterocycles. The number of aryl methyl sites for hydroxylation is 1. The van der Waals surface area contributed by atoms with Gasteiger partial charge >= 0.3 is 6.01 Å². The molecule has 6 heteroatoms. The van der Waals surface area contributed by atoms with Gasteiger partial charge in [-0.25, -0.2) is 0 Å². The van der Waals surface area contributed by atoms with Crippen LogP contribution in [0.25, 0.3) is 22.0 Å². The average molecular weight is 379 g/mol. The van der Waals surface area contributed by atoms with Crippen LogP contribution in [-0.2, 0) is 4.74 Å². The first-order chi connectivity index (χ1) is 13.6. The van der Waals surface area contributed by atoms with Crippen LogP contribution in [0.4, 0.5) is 5.82 Å². The van der Waals surface area contributed by atoms with Gasteiger partial charge in [0, 0.05) is 18.5 Å². The zero-order valence-corrected chi connectivity index (χ0v) is 16.3. The molecule has 1 N–H and O–H groups in total. The number of anilines is 1. The molecule has 1 saturated heterocycles. The second-order valence-electron chi connectivity index (χ2n) is 7.19. The van der Waals surface area contributed by atoms with Gasteiger partial charge in [-0.3, -0.25) is 0 Å². The minimum Gasteiger partial charge on any atom is -0.461 e.